The SMILES string of the molecule is OC[C@H]1COC[C@H]1NCc1ccccc1. The lowest BCUT2D eigenvalue weighted by Gasteiger charge is -2.16. The molecule has 1 aliphatic heterocycles. The second-order valence-corrected chi connectivity index (χ2v) is 3.95. The molecule has 2 rings (SSSR count). The Morgan fingerprint density at radius 3 is 2.80 bits per heavy atom. The maximum absolute atomic E-state index is 9.11. The van der Waals surface area contributed by atoms with Crippen LogP contribution in [0.5, 0.6) is 0 Å². The van der Waals surface area contributed by atoms with E-state index in [1.807, 2.05) is 18.2 Å². The zero-order chi connectivity index (χ0) is 10.5. The lowest BCUT2D eigenvalue weighted by atomic mass is 10.0. The number of aliphatic hydroxyl groups excluding tert-OH is 1. The van der Waals surface area contributed by atoms with Crippen LogP contribution in [0.3, 0.4) is 0 Å². The molecular weight excluding hydrogens is 190 g/mol. The van der Waals surface area contributed by atoms with Gasteiger partial charge in [-0.05, 0) is 5.56 Å². The summed E-state index contributed by atoms with van der Waals surface area (Å²) in [5, 5.41) is 12.5. The van der Waals surface area contributed by atoms with Gasteiger partial charge in [-0.25, -0.2) is 0 Å². The lowest BCUT2D eigenvalue weighted by molar-refractivity contribution is 0.160. The summed E-state index contributed by atoms with van der Waals surface area (Å²) in [5.74, 6) is 0.244. The first-order valence-electron chi connectivity index (χ1n) is 5.36. The van der Waals surface area contributed by atoms with Crippen molar-refractivity contribution in [3.05, 3.63) is 35.9 Å². The Hall–Kier alpha value is -0.900. The molecule has 0 radical (unpaired) electrons. The van der Waals surface area contributed by atoms with Crippen LogP contribution in [-0.2, 0) is 11.3 Å². The molecule has 15 heavy (non-hydrogen) atoms. The molecule has 1 aromatic rings. The molecule has 0 aliphatic carbocycles. The van der Waals surface area contributed by atoms with Crippen molar-refractivity contribution < 1.29 is 9.84 Å². The topological polar surface area (TPSA) is 41.5 Å². The summed E-state index contributed by atoms with van der Waals surface area (Å²) in [4.78, 5) is 0. The van der Waals surface area contributed by atoms with E-state index < -0.39 is 0 Å². The molecule has 0 amide bonds. The molecule has 1 aromatic carbocycles. The van der Waals surface area contributed by atoms with Crippen molar-refractivity contribution in [3.63, 3.8) is 0 Å². The molecule has 1 heterocycles. The smallest absolute Gasteiger partial charge is 0.0624 e. The van der Waals surface area contributed by atoms with Crippen molar-refractivity contribution in [3.8, 4) is 0 Å². The fourth-order valence-corrected chi connectivity index (χ4v) is 1.85. The number of hydrogen-bond donors (Lipinski definition) is 2. The van der Waals surface area contributed by atoms with Crippen molar-refractivity contribution in [2.75, 3.05) is 19.8 Å². The Bertz CT molecular complexity index is 289. The second-order valence-electron chi connectivity index (χ2n) is 3.95. The Labute approximate surface area is 90.1 Å². The van der Waals surface area contributed by atoms with Gasteiger partial charge in [0.2, 0.25) is 0 Å². The van der Waals surface area contributed by atoms with E-state index in [0.717, 1.165) is 6.54 Å². The minimum absolute atomic E-state index is 0.201. The van der Waals surface area contributed by atoms with E-state index in [1.54, 1.807) is 0 Å². The van der Waals surface area contributed by atoms with Gasteiger partial charge in [0.05, 0.1) is 13.2 Å². The van der Waals surface area contributed by atoms with Gasteiger partial charge in [-0.1, -0.05) is 30.3 Å². The predicted octanol–water partition coefficient (Wildman–Crippen LogP) is 0.783. The molecule has 0 spiro atoms. The Morgan fingerprint density at radius 1 is 1.27 bits per heavy atom. The highest BCUT2D eigenvalue weighted by Gasteiger charge is 2.26. The third-order valence-corrected chi connectivity index (χ3v) is 2.84. The van der Waals surface area contributed by atoms with Gasteiger partial charge in [0.1, 0.15) is 0 Å². The number of benzene rings is 1. The van der Waals surface area contributed by atoms with E-state index in [2.05, 4.69) is 17.4 Å². The molecule has 3 heteroatoms. The summed E-state index contributed by atoms with van der Waals surface area (Å²) in [5.41, 5.74) is 1.26. The van der Waals surface area contributed by atoms with Crippen LogP contribution < -0.4 is 5.32 Å². The minimum Gasteiger partial charge on any atom is -0.396 e. The fourth-order valence-electron chi connectivity index (χ4n) is 1.85. The van der Waals surface area contributed by atoms with Gasteiger partial charge in [-0.2, -0.15) is 0 Å². The van der Waals surface area contributed by atoms with E-state index in [9.17, 15) is 0 Å². The molecule has 2 N–H and O–H groups in total. The van der Waals surface area contributed by atoms with Crippen molar-refractivity contribution in [2.45, 2.75) is 12.6 Å². The Kier molecular flexibility index (Phi) is 3.72. The van der Waals surface area contributed by atoms with Crippen LogP contribution in [0.2, 0.25) is 0 Å². The first-order valence-corrected chi connectivity index (χ1v) is 5.36. The summed E-state index contributed by atoms with van der Waals surface area (Å²) in [6.45, 7) is 2.42. The Balaban J connectivity index is 1.83. The first-order chi connectivity index (χ1) is 7.40. The van der Waals surface area contributed by atoms with Gasteiger partial charge >= 0.3 is 0 Å². The highest BCUT2D eigenvalue weighted by atomic mass is 16.5. The molecule has 1 fully saturated rings. The Morgan fingerprint density at radius 2 is 2.07 bits per heavy atom. The number of aliphatic hydroxyl groups is 1. The predicted molar refractivity (Wildman–Crippen MR) is 58.5 cm³/mol. The van der Waals surface area contributed by atoms with Crippen LogP contribution in [0.1, 0.15) is 5.56 Å². The van der Waals surface area contributed by atoms with Crippen molar-refractivity contribution in [1.29, 1.82) is 0 Å². The van der Waals surface area contributed by atoms with Crippen molar-refractivity contribution in [1.82, 2.24) is 5.32 Å². The standard InChI is InChI=1S/C12H17NO2/c14-7-11-8-15-9-12(11)13-6-10-4-2-1-3-5-10/h1-5,11-14H,6-9H2/t11-,12+/m0/s1. The molecule has 0 aromatic heterocycles. The molecule has 0 saturated carbocycles. The average molecular weight is 207 g/mol. The van der Waals surface area contributed by atoms with Crippen LogP contribution in [0, 0.1) is 5.92 Å². The summed E-state index contributed by atoms with van der Waals surface area (Å²) in [6.07, 6.45) is 0. The van der Waals surface area contributed by atoms with Gasteiger partial charge in [0.15, 0.2) is 0 Å². The molecular formula is C12H17NO2. The summed E-state index contributed by atoms with van der Waals surface area (Å²) in [6, 6.07) is 10.6. The maximum atomic E-state index is 9.11. The van der Waals surface area contributed by atoms with Crippen LogP contribution in [0.15, 0.2) is 30.3 Å². The van der Waals surface area contributed by atoms with Crippen LogP contribution in [0.25, 0.3) is 0 Å². The summed E-state index contributed by atoms with van der Waals surface area (Å²) >= 11 is 0. The van der Waals surface area contributed by atoms with Gasteiger partial charge in [-0.3, -0.25) is 0 Å². The summed E-state index contributed by atoms with van der Waals surface area (Å²) < 4.78 is 5.33. The van der Waals surface area contributed by atoms with Crippen molar-refractivity contribution >= 4 is 0 Å². The number of nitrogens with one attached hydrogen (secondary N) is 1. The largest absolute Gasteiger partial charge is 0.396 e. The minimum atomic E-state index is 0.201. The van der Waals surface area contributed by atoms with Gasteiger partial charge in [-0.15, -0.1) is 0 Å². The molecule has 0 unspecified atom stereocenters. The van der Waals surface area contributed by atoms with Gasteiger partial charge < -0.3 is 15.2 Å². The second kappa shape index (κ2) is 5.26. The molecule has 3 nitrogen and oxygen atoms in total. The average Bonchev–Trinajstić information content (AvgIpc) is 2.75. The third-order valence-electron chi connectivity index (χ3n) is 2.84. The van der Waals surface area contributed by atoms with Gasteiger partial charge in [0, 0.05) is 25.1 Å². The number of hydrogen-bond acceptors (Lipinski definition) is 3. The third kappa shape index (κ3) is 2.78. The quantitative estimate of drug-likeness (QED) is 0.766. The highest BCUT2D eigenvalue weighted by Crippen LogP contribution is 2.13. The zero-order valence-corrected chi connectivity index (χ0v) is 8.73. The fraction of sp³-hybridized carbons (Fsp3) is 0.500. The lowest BCUT2D eigenvalue weighted by Crippen LogP contribution is -2.36. The monoisotopic (exact) mass is 207 g/mol. The number of rotatable bonds is 4. The van der Waals surface area contributed by atoms with Crippen LogP contribution >= 0.6 is 0 Å². The molecule has 82 valence electrons. The molecule has 1 aliphatic rings. The van der Waals surface area contributed by atoms with E-state index in [4.69, 9.17) is 9.84 Å². The van der Waals surface area contributed by atoms with Crippen LogP contribution in [0.4, 0.5) is 0 Å². The zero-order valence-electron chi connectivity index (χ0n) is 8.73. The first kappa shape index (κ1) is 10.6. The highest BCUT2D eigenvalue weighted by molar-refractivity contribution is 5.14. The summed E-state index contributed by atoms with van der Waals surface area (Å²) in [7, 11) is 0. The molecule has 1 saturated heterocycles. The number of ether oxygens (including phenoxy) is 1. The van der Waals surface area contributed by atoms with E-state index in [-0.39, 0.29) is 18.6 Å². The van der Waals surface area contributed by atoms with E-state index in [0.29, 0.717) is 13.2 Å². The molecule has 0 bridgehead atoms. The van der Waals surface area contributed by atoms with E-state index in [1.165, 1.54) is 5.56 Å². The van der Waals surface area contributed by atoms with Crippen LogP contribution in [-0.4, -0.2) is 31.0 Å². The van der Waals surface area contributed by atoms with Gasteiger partial charge in [0.25, 0.3) is 0 Å². The van der Waals surface area contributed by atoms with Crippen molar-refractivity contribution in [2.24, 2.45) is 5.92 Å². The molecule has 2 atom stereocenters. The maximum Gasteiger partial charge on any atom is 0.0624 e. The normalized spacial score (nSPS) is 25.7. The van der Waals surface area contributed by atoms with E-state index >= 15 is 0 Å².